The second-order valence-corrected chi connectivity index (χ2v) is 6.00. The summed E-state index contributed by atoms with van der Waals surface area (Å²) in [4.78, 5) is 73.4. The molecule has 0 aromatic rings. The van der Waals surface area contributed by atoms with Gasteiger partial charge in [-0.25, -0.2) is 0 Å². The van der Waals surface area contributed by atoms with Crippen LogP contribution in [0.5, 0.6) is 0 Å². The van der Waals surface area contributed by atoms with Crippen LogP contribution in [0, 0.1) is 11.8 Å². The van der Waals surface area contributed by atoms with Gasteiger partial charge in [-0.3, -0.25) is 28.8 Å². The molecular formula is C20H30O10. The summed E-state index contributed by atoms with van der Waals surface area (Å²) >= 11 is 0. The van der Waals surface area contributed by atoms with Crippen LogP contribution < -0.4 is 0 Å². The smallest absolute Gasteiger partial charge is 0.317 e. The fourth-order valence-electron chi connectivity index (χ4n) is 2.60. The standard InChI is InChI=1S/C20H30O10/c1-5-27-15(23)11-9-13(21)17(19(25)29-7-3)18(20(26)30-8-4)14(22)10-12-16(24)28-6-2/h17-18H,5-12H2,1-4H3. The largest absolute Gasteiger partial charge is 0.466 e. The van der Waals surface area contributed by atoms with Crippen molar-refractivity contribution in [1.29, 1.82) is 0 Å². The highest BCUT2D eigenvalue weighted by Gasteiger charge is 2.45. The van der Waals surface area contributed by atoms with Gasteiger partial charge in [0.2, 0.25) is 0 Å². The van der Waals surface area contributed by atoms with Crippen LogP contribution in [-0.4, -0.2) is 61.9 Å². The lowest BCUT2D eigenvalue weighted by atomic mass is 9.82. The number of ketones is 2. The van der Waals surface area contributed by atoms with E-state index < -0.39 is 60.1 Å². The Balaban J connectivity index is 5.67. The first-order chi connectivity index (χ1) is 14.2. The van der Waals surface area contributed by atoms with Crippen LogP contribution in [0.3, 0.4) is 0 Å². The van der Waals surface area contributed by atoms with E-state index in [-0.39, 0.29) is 39.3 Å². The second-order valence-electron chi connectivity index (χ2n) is 6.00. The molecule has 0 spiro atoms. The Bertz CT molecular complexity index is 571. The fourth-order valence-corrected chi connectivity index (χ4v) is 2.60. The maximum atomic E-state index is 12.7. The zero-order valence-corrected chi connectivity index (χ0v) is 17.9. The molecule has 0 amide bonds. The van der Waals surface area contributed by atoms with Gasteiger partial charge in [-0.1, -0.05) is 0 Å². The minimum Gasteiger partial charge on any atom is -0.466 e. The van der Waals surface area contributed by atoms with Crippen molar-refractivity contribution in [2.24, 2.45) is 11.8 Å². The van der Waals surface area contributed by atoms with Crippen molar-refractivity contribution in [3.8, 4) is 0 Å². The molecule has 2 atom stereocenters. The van der Waals surface area contributed by atoms with E-state index in [1.165, 1.54) is 13.8 Å². The maximum absolute atomic E-state index is 12.7. The number of Topliss-reactive ketones (excluding diaryl/α,β-unsaturated/α-hetero) is 2. The van der Waals surface area contributed by atoms with Gasteiger partial charge in [0.1, 0.15) is 23.4 Å². The molecule has 2 unspecified atom stereocenters. The van der Waals surface area contributed by atoms with E-state index in [0.717, 1.165) is 0 Å². The molecule has 170 valence electrons. The molecule has 10 nitrogen and oxygen atoms in total. The van der Waals surface area contributed by atoms with Crippen LogP contribution >= 0.6 is 0 Å². The van der Waals surface area contributed by atoms with Crippen molar-refractivity contribution in [3.63, 3.8) is 0 Å². The number of rotatable bonds is 15. The van der Waals surface area contributed by atoms with E-state index in [9.17, 15) is 28.8 Å². The minimum absolute atomic E-state index is 0.0902. The quantitative estimate of drug-likeness (QED) is 0.211. The van der Waals surface area contributed by atoms with E-state index in [1.807, 2.05) is 0 Å². The summed E-state index contributed by atoms with van der Waals surface area (Å²) in [6, 6.07) is 0. The van der Waals surface area contributed by atoms with E-state index in [2.05, 4.69) is 0 Å². The van der Waals surface area contributed by atoms with Crippen molar-refractivity contribution in [2.75, 3.05) is 26.4 Å². The molecule has 0 saturated heterocycles. The van der Waals surface area contributed by atoms with Gasteiger partial charge in [0.15, 0.2) is 0 Å². The minimum atomic E-state index is -1.78. The Morgan fingerprint density at radius 2 is 0.800 bits per heavy atom. The Hall–Kier alpha value is -2.78. The summed E-state index contributed by atoms with van der Waals surface area (Å²) in [5.74, 6) is -8.69. The third-order valence-corrected chi connectivity index (χ3v) is 3.87. The summed E-state index contributed by atoms with van der Waals surface area (Å²) in [5.41, 5.74) is 0. The first kappa shape index (κ1) is 27.2. The molecule has 0 aliphatic carbocycles. The number of carbonyl (C=O) groups excluding carboxylic acids is 6. The summed E-state index contributed by atoms with van der Waals surface area (Å²) in [6.45, 7) is 6.25. The van der Waals surface area contributed by atoms with Gasteiger partial charge >= 0.3 is 23.9 Å². The van der Waals surface area contributed by atoms with E-state index in [0.29, 0.717) is 0 Å². The van der Waals surface area contributed by atoms with Gasteiger partial charge in [-0.2, -0.15) is 0 Å². The first-order valence-electron chi connectivity index (χ1n) is 9.93. The van der Waals surface area contributed by atoms with Gasteiger partial charge in [-0.05, 0) is 27.7 Å². The molecule has 0 radical (unpaired) electrons. The second kappa shape index (κ2) is 15.1. The lowest BCUT2D eigenvalue weighted by molar-refractivity contribution is -0.166. The highest BCUT2D eigenvalue weighted by Crippen LogP contribution is 2.23. The summed E-state index contributed by atoms with van der Waals surface area (Å²) in [7, 11) is 0. The molecule has 0 aliphatic heterocycles. The van der Waals surface area contributed by atoms with Gasteiger partial charge in [-0.15, -0.1) is 0 Å². The van der Waals surface area contributed by atoms with E-state index in [4.69, 9.17) is 18.9 Å². The van der Waals surface area contributed by atoms with Gasteiger partial charge < -0.3 is 18.9 Å². The third kappa shape index (κ3) is 9.62. The highest BCUT2D eigenvalue weighted by atomic mass is 16.5. The molecule has 0 N–H and O–H groups in total. The van der Waals surface area contributed by atoms with Crippen LogP contribution in [0.4, 0.5) is 0 Å². The topological polar surface area (TPSA) is 139 Å². The van der Waals surface area contributed by atoms with Crippen molar-refractivity contribution >= 4 is 35.4 Å². The molecule has 30 heavy (non-hydrogen) atoms. The Morgan fingerprint density at radius 1 is 0.500 bits per heavy atom. The van der Waals surface area contributed by atoms with E-state index >= 15 is 0 Å². The van der Waals surface area contributed by atoms with Crippen LogP contribution in [0.1, 0.15) is 53.4 Å². The zero-order valence-electron chi connectivity index (χ0n) is 17.9. The number of ether oxygens (including phenoxy) is 4. The Kier molecular flexibility index (Phi) is 13.7. The van der Waals surface area contributed by atoms with Crippen LogP contribution in [-0.2, 0) is 47.7 Å². The van der Waals surface area contributed by atoms with Crippen molar-refractivity contribution in [1.82, 2.24) is 0 Å². The molecular weight excluding hydrogens is 400 g/mol. The SMILES string of the molecule is CCOC(=O)CCC(=O)C(C(=O)OCC)C(C(=O)CCC(=O)OCC)C(=O)OCC. The van der Waals surface area contributed by atoms with Crippen molar-refractivity contribution in [3.05, 3.63) is 0 Å². The van der Waals surface area contributed by atoms with Crippen molar-refractivity contribution in [2.45, 2.75) is 53.4 Å². The molecule has 0 aromatic heterocycles. The van der Waals surface area contributed by atoms with Gasteiger partial charge in [0.05, 0.1) is 39.3 Å². The molecule has 0 aromatic carbocycles. The Labute approximate surface area is 175 Å². The maximum Gasteiger partial charge on any atom is 0.317 e. The molecule has 0 saturated carbocycles. The lowest BCUT2D eigenvalue weighted by Gasteiger charge is -2.22. The van der Waals surface area contributed by atoms with E-state index in [1.54, 1.807) is 13.8 Å². The monoisotopic (exact) mass is 430 g/mol. The summed E-state index contributed by atoms with van der Waals surface area (Å²) in [5, 5.41) is 0. The predicted octanol–water partition coefficient (Wildman–Crippen LogP) is 1.17. The molecule has 0 aliphatic rings. The molecule has 0 heterocycles. The summed E-state index contributed by atoms with van der Waals surface area (Å²) in [6.07, 6.45) is -1.50. The fraction of sp³-hybridized carbons (Fsp3) is 0.700. The van der Waals surface area contributed by atoms with Crippen LogP contribution in [0.2, 0.25) is 0 Å². The average Bonchev–Trinajstić information content (AvgIpc) is 2.69. The molecule has 0 bridgehead atoms. The molecule has 0 rings (SSSR count). The third-order valence-electron chi connectivity index (χ3n) is 3.87. The first-order valence-corrected chi connectivity index (χ1v) is 9.93. The highest BCUT2D eigenvalue weighted by molar-refractivity contribution is 6.11. The lowest BCUT2D eigenvalue weighted by Crippen LogP contribution is -2.42. The van der Waals surface area contributed by atoms with Gasteiger partial charge in [0, 0.05) is 12.8 Å². The molecule has 10 heteroatoms. The molecule has 0 fully saturated rings. The van der Waals surface area contributed by atoms with Crippen molar-refractivity contribution < 1.29 is 47.7 Å². The van der Waals surface area contributed by atoms with Crippen LogP contribution in [0.15, 0.2) is 0 Å². The summed E-state index contributed by atoms with van der Waals surface area (Å²) < 4.78 is 19.2. The zero-order chi connectivity index (χ0) is 23.1. The van der Waals surface area contributed by atoms with Gasteiger partial charge in [0.25, 0.3) is 0 Å². The normalized spacial score (nSPS) is 12.3. The number of hydrogen-bond donors (Lipinski definition) is 0. The predicted molar refractivity (Wildman–Crippen MR) is 102 cm³/mol. The number of carbonyl (C=O) groups is 6. The number of hydrogen-bond acceptors (Lipinski definition) is 10. The average molecular weight is 430 g/mol. The van der Waals surface area contributed by atoms with Crippen LogP contribution in [0.25, 0.3) is 0 Å². The number of esters is 4. The Morgan fingerprint density at radius 3 is 1.07 bits per heavy atom.